The number of carbonyl (C=O) groups is 1. The number of ketones is 1. The van der Waals surface area contributed by atoms with Crippen molar-refractivity contribution >= 4 is 28.9 Å². The Hall–Kier alpha value is -3.41. The lowest BCUT2D eigenvalue weighted by Gasteiger charge is -2.23. The second-order valence-corrected chi connectivity index (χ2v) is 7.64. The summed E-state index contributed by atoms with van der Waals surface area (Å²) in [6, 6.07) is 15.7. The summed E-state index contributed by atoms with van der Waals surface area (Å²) >= 11 is 0. The monoisotopic (exact) mass is 402 g/mol. The van der Waals surface area contributed by atoms with E-state index in [0.29, 0.717) is 23.8 Å². The van der Waals surface area contributed by atoms with Crippen molar-refractivity contribution in [2.75, 3.05) is 17.7 Å². The van der Waals surface area contributed by atoms with Gasteiger partial charge in [-0.1, -0.05) is 32.0 Å². The van der Waals surface area contributed by atoms with Crippen LogP contribution < -0.4 is 15.4 Å². The Labute approximate surface area is 176 Å². The molecule has 0 bridgehead atoms. The molecule has 2 aromatic carbocycles. The van der Waals surface area contributed by atoms with Crippen LogP contribution in [0.2, 0.25) is 0 Å². The molecule has 0 aliphatic heterocycles. The van der Waals surface area contributed by atoms with Crippen LogP contribution in [0.4, 0.5) is 23.1 Å². The number of nitrogens with zero attached hydrogens (tertiary/aromatic N) is 2. The molecule has 1 unspecified atom stereocenters. The standard InChI is InChI=1S/C24H26N4O2/c1-4-16-7-5-6-8-19(16)26-23-22-20(13-15(2)14-21(22)29)27-24(28-23)25-17-9-11-18(30-3)12-10-17/h5-12,15H,4,13-14H2,1-3H3,(H2,25,26,27,28). The number of Topliss-reactive ketones (excluding diaryl/α,β-unsaturated/α-hetero) is 1. The van der Waals surface area contributed by atoms with Gasteiger partial charge in [-0.25, -0.2) is 4.98 Å². The molecule has 1 aromatic heterocycles. The molecular weight excluding hydrogens is 376 g/mol. The van der Waals surface area contributed by atoms with Crippen LogP contribution in [0.3, 0.4) is 0 Å². The predicted octanol–water partition coefficient (Wildman–Crippen LogP) is 5.30. The van der Waals surface area contributed by atoms with Crippen molar-refractivity contribution in [3.8, 4) is 5.75 Å². The van der Waals surface area contributed by atoms with Gasteiger partial charge in [-0.15, -0.1) is 0 Å². The molecule has 2 N–H and O–H groups in total. The largest absolute Gasteiger partial charge is 0.497 e. The molecule has 0 saturated heterocycles. The van der Waals surface area contributed by atoms with Crippen molar-refractivity contribution in [1.82, 2.24) is 9.97 Å². The first-order valence-corrected chi connectivity index (χ1v) is 10.3. The molecule has 154 valence electrons. The van der Waals surface area contributed by atoms with Crippen molar-refractivity contribution in [2.45, 2.75) is 33.1 Å². The summed E-state index contributed by atoms with van der Waals surface area (Å²) in [5, 5.41) is 6.67. The number of aromatic nitrogens is 2. The molecule has 6 heteroatoms. The highest BCUT2D eigenvalue weighted by Gasteiger charge is 2.28. The average molecular weight is 402 g/mol. The van der Waals surface area contributed by atoms with Gasteiger partial charge in [0.2, 0.25) is 5.95 Å². The molecule has 0 spiro atoms. The Morgan fingerprint density at radius 1 is 1.03 bits per heavy atom. The molecule has 3 aromatic rings. The minimum absolute atomic E-state index is 0.0937. The molecule has 4 rings (SSSR count). The van der Waals surface area contributed by atoms with E-state index in [9.17, 15) is 4.79 Å². The number of methoxy groups -OCH3 is 1. The number of hydrogen-bond donors (Lipinski definition) is 2. The van der Waals surface area contributed by atoms with Crippen LogP contribution in [0, 0.1) is 5.92 Å². The maximum Gasteiger partial charge on any atom is 0.229 e. The van der Waals surface area contributed by atoms with Gasteiger partial charge in [0.1, 0.15) is 11.6 Å². The fraction of sp³-hybridized carbons (Fsp3) is 0.292. The van der Waals surface area contributed by atoms with E-state index in [1.165, 1.54) is 5.56 Å². The molecule has 0 fully saturated rings. The van der Waals surface area contributed by atoms with Crippen LogP contribution in [-0.2, 0) is 12.8 Å². The van der Waals surface area contributed by atoms with Crippen molar-refractivity contribution in [3.05, 3.63) is 65.4 Å². The van der Waals surface area contributed by atoms with Gasteiger partial charge in [-0.3, -0.25) is 4.79 Å². The fourth-order valence-electron chi connectivity index (χ4n) is 3.80. The smallest absolute Gasteiger partial charge is 0.229 e. The SMILES string of the molecule is CCc1ccccc1Nc1nc(Nc2ccc(OC)cc2)nc2c1C(=O)CC(C)C2. The molecule has 0 saturated carbocycles. The maximum absolute atomic E-state index is 12.8. The van der Waals surface area contributed by atoms with Crippen LogP contribution in [-0.4, -0.2) is 22.9 Å². The lowest BCUT2D eigenvalue weighted by molar-refractivity contribution is 0.0953. The van der Waals surface area contributed by atoms with Crippen LogP contribution in [0.1, 0.15) is 41.9 Å². The molecular formula is C24H26N4O2. The first-order chi connectivity index (χ1) is 14.6. The minimum atomic E-state index is 0.0937. The van der Waals surface area contributed by atoms with Gasteiger partial charge >= 0.3 is 0 Å². The number of nitrogens with one attached hydrogen (secondary N) is 2. The van der Waals surface area contributed by atoms with E-state index in [2.05, 4.69) is 40.5 Å². The normalized spacial score (nSPS) is 15.4. The van der Waals surface area contributed by atoms with Crippen molar-refractivity contribution in [3.63, 3.8) is 0 Å². The van der Waals surface area contributed by atoms with Gasteiger partial charge in [0.05, 0.1) is 18.4 Å². The van der Waals surface area contributed by atoms with Crippen LogP contribution >= 0.6 is 0 Å². The lowest BCUT2D eigenvalue weighted by atomic mass is 9.87. The van der Waals surface area contributed by atoms with Gasteiger partial charge in [0, 0.05) is 17.8 Å². The zero-order valence-electron chi connectivity index (χ0n) is 17.5. The first kappa shape index (κ1) is 19.9. The molecule has 1 aliphatic rings. The Morgan fingerprint density at radius 3 is 2.53 bits per heavy atom. The highest BCUT2D eigenvalue weighted by Crippen LogP contribution is 2.32. The number of fused-ring (bicyclic) bond motifs is 1. The van der Waals surface area contributed by atoms with Crippen molar-refractivity contribution < 1.29 is 9.53 Å². The van der Waals surface area contributed by atoms with Crippen LogP contribution in [0.5, 0.6) is 5.75 Å². The molecule has 0 amide bonds. The minimum Gasteiger partial charge on any atom is -0.497 e. The summed E-state index contributed by atoms with van der Waals surface area (Å²) in [4.78, 5) is 22.2. The van der Waals surface area contributed by atoms with E-state index >= 15 is 0 Å². The Morgan fingerprint density at radius 2 is 1.80 bits per heavy atom. The number of hydrogen-bond acceptors (Lipinski definition) is 6. The molecule has 6 nitrogen and oxygen atoms in total. The van der Waals surface area contributed by atoms with E-state index < -0.39 is 0 Å². The summed E-state index contributed by atoms with van der Waals surface area (Å²) < 4.78 is 5.22. The second kappa shape index (κ2) is 8.53. The summed E-state index contributed by atoms with van der Waals surface area (Å²) in [5.74, 6) is 2.18. The highest BCUT2D eigenvalue weighted by atomic mass is 16.5. The topological polar surface area (TPSA) is 76.1 Å². The van der Waals surface area contributed by atoms with Gasteiger partial charge in [-0.2, -0.15) is 4.98 Å². The Bertz CT molecular complexity index is 1060. The van der Waals surface area contributed by atoms with Gasteiger partial charge in [0.15, 0.2) is 5.78 Å². The Balaban J connectivity index is 1.74. The molecule has 1 atom stereocenters. The summed E-state index contributed by atoms with van der Waals surface area (Å²) in [5.41, 5.74) is 4.39. The quantitative estimate of drug-likeness (QED) is 0.583. The van der Waals surface area contributed by atoms with Crippen LogP contribution in [0.15, 0.2) is 48.5 Å². The third-order valence-corrected chi connectivity index (χ3v) is 5.34. The van der Waals surface area contributed by atoms with E-state index in [1.54, 1.807) is 7.11 Å². The first-order valence-electron chi connectivity index (χ1n) is 10.3. The van der Waals surface area contributed by atoms with E-state index in [1.807, 2.05) is 42.5 Å². The number of aryl methyl sites for hydroxylation is 1. The molecule has 1 aliphatic carbocycles. The highest BCUT2D eigenvalue weighted by molar-refractivity contribution is 6.03. The summed E-state index contributed by atoms with van der Waals surface area (Å²) in [7, 11) is 1.64. The average Bonchev–Trinajstić information content (AvgIpc) is 2.74. The fourth-order valence-corrected chi connectivity index (χ4v) is 3.80. The zero-order chi connectivity index (χ0) is 21.1. The van der Waals surface area contributed by atoms with Crippen molar-refractivity contribution in [1.29, 1.82) is 0 Å². The van der Waals surface area contributed by atoms with Gasteiger partial charge in [0.25, 0.3) is 0 Å². The Kier molecular flexibility index (Phi) is 5.65. The van der Waals surface area contributed by atoms with Gasteiger partial charge < -0.3 is 15.4 Å². The number of anilines is 4. The number of rotatable bonds is 6. The van der Waals surface area contributed by atoms with E-state index in [-0.39, 0.29) is 11.7 Å². The zero-order valence-corrected chi connectivity index (χ0v) is 17.5. The van der Waals surface area contributed by atoms with Crippen molar-refractivity contribution in [2.24, 2.45) is 5.92 Å². The van der Waals surface area contributed by atoms with E-state index in [0.717, 1.165) is 35.7 Å². The maximum atomic E-state index is 12.8. The van der Waals surface area contributed by atoms with E-state index in [4.69, 9.17) is 4.74 Å². The lowest BCUT2D eigenvalue weighted by Crippen LogP contribution is -2.22. The van der Waals surface area contributed by atoms with Crippen LogP contribution in [0.25, 0.3) is 0 Å². The molecule has 0 radical (unpaired) electrons. The third-order valence-electron chi connectivity index (χ3n) is 5.34. The second-order valence-electron chi connectivity index (χ2n) is 7.64. The number of ether oxygens (including phenoxy) is 1. The summed E-state index contributed by atoms with van der Waals surface area (Å²) in [6.07, 6.45) is 2.16. The predicted molar refractivity (Wildman–Crippen MR) is 119 cm³/mol. The third kappa shape index (κ3) is 4.13. The number of para-hydroxylation sites is 1. The molecule has 1 heterocycles. The summed E-state index contributed by atoms with van der Waals surface area (Å²) in [6.45, 7) is 4.19. The number of benzene rings is 2. The van der Waals surface area contributed by atoms with Gasteiger partial charge in [-0.05, 0) is 54.7 Å². The number of carbonyl (C=O) groups excluding carboxylic acids is 1. The molecule has 30 heavy (non-hydrogen) atoms.